The van der Waals surface area contributed by atoms with Crippen LogP contribution in [0.1, 0.15) is 61.3 Å². The summed E-state index contributed by atoms with van der Waals surface area (Å²) in [5.41, 5.74) is 0.0679. The van der Waals surface area contributed by atoms with Gasteiger partial charge < -0.3 is 15.0 Å². The van der Waals surface area contributed by atoms with Crippen molar-refractivity contribution in [3.8, 4) is 0 Å². The molecule has 7 nitrogen and oxygen atoms in total. The lowest BCUT2D eigenvalue weighted by atomic mass is 9.87. The van der Waals surface area contributed by atoms with E-state index >= 15 is 0 Å². The van der Waals surface area contributed by atoms with Crippen molar-refractivity contribution >= 4 is 22.6 Å². The SMILES string of the molecule is CC(C)(O)c1ccc(C(=O)C2CCN(C(=O)CCCc3nc4c(F)cccc4c(=O)[nH]3)CC2)cc1. The van der Waals surface area contributed by atoms with Gasteiger partial charge in [-0.25, -0.2) is 9.37 Å². The quantitative estimate of drug-likeness (QED) is 0.503. The van der Waals surface area contributed by atoms with Crippen LogP contribution in [0.15, 0.2) is 47.3 Å². The fourth-order valence-corrected chi connectivity index (χ4v) is 4.53. The number of fused-ring (bicyclic) bond motifs is 1. The number of nitrogens with zero attached hydrogens (tertiary/aromatic N) is 2. The molecule has 0 atom stereocenters. The second-order valence-corrected chi connectivity index (χ2v) is 9.66. The number of Topliss-reactive ketones (excluding diaryl/α,β-unsaturated/α-hetero) is 1. The van der Waals surface area contributed by atoms with Crippen LogP contribution in [0.2, 0.25) is 0 Å². The maximum absolute atomic E-state index is 14.0. The van der Waals surface area contributed by atoms with Gasteiger partial charge in [0.15, 0.2) is 5.78 Å². The molecule has 1 fully saturated rings. The molecule has 184 valence electrons. The number of aromatic amines is 1. The number of carbonyl (C=O) groups excluding carboxylic acids is 2. The molecule has 0 saturated carbocycles. The Hall–Kier alpha value is -3.39. The lowest BCUT2D eigenvalue weighted by Crippen LogP contribution is -2.40. The number of carbonyl (C=O) groups is 2. The summed E-state index contributed by atoms with van der Waals surface area (Å²) in [5, 5.41) is 10.3. The summed E-state index contributed by atoms with van der Waals surface area (Å²) in [5.74, 6) is -0.247. The first-order valence-electron chi connectivity index (χ1n) is 12.0. The first kappa shape index (κ1) is 24.7. The van der Waals surface area contributed by atoms with Crippen LogP contribution in [0.3, 0.4) is 0 Å². The Balaban J connectivity index is 1.27. The highest BCUT2D eigenvalue weighted by Gasteiger charge is 2.28. The third-order valence-corrected chi connectivity index (χ3v) is 6.63. The summed E-state index contributed by atoms with van der Waals surface area (Å²) in [7, 11) is 0. The second-order valence-electron chi connectivity index (χ2n) is 9.66. The first-order chi connectivity index (χ1) is 16.6. The van der Waals surface area contributed by atoms with Gasteiger partial charge in [0.1, 0.15) is 17.2 Å². The van der Waals surface area contributed by atoms with Gasteiger partial charge in [-0.2, -0.15) is 0 Å². The van der Waals surface area contributed by atoms with Crippen LogP contribution >= 0.6 is 0 Å². The molecule has 4 rings (SSSR count). The van der Waals surface area contributed by atoms with E-state index in [0.717, 1.165) is 5.56 Å². The molecular weight excluding hydrogens is 449 g/mol. The zero-order chi connectivity index (χ0) is 25.2. The van der Waals surface area contributed by atoms with Crippen molar-refractivity contribution in [2.24, 2.45) is 5.92 Å². The average molecular weight is 480 g/mol. The highest BCUT2D eigenvalue weighted by molar-refractivity contribution is 5.98. The number of rotatable bonds is 7. The number of amides is 1. The van der Waals surface area contributed by atoms with Crippen LogP contribution in [-0.4, -0.2) is 44.8 Å². The van der Waals surface area contributed by atoms with Gasteiger partial charge in [0.25, 0.3) is 5.56 Å². The smallest absolute Gasteiger partial charge is 0.258 e. The Morgan fingerprint density at radius 2 is 1.83 bits per heavy atom. The number of hydrogen-bond donors (Lipinski definition) is 2. The van der Waals surface area contributed by atoms with E-state index in [4.69, 9.17) is 0 Å². The predicted octanol–water partition coefficient (Wildman–Crippen LogP) is 3.73. The molecule has 1 aromatic heterocycles. The van der Waals surface area contributed by atoms with Crippen LogP contribution in [-0.2, 0) is 16.8 Å². The molecule has 2 N–H and O–H groups in total. The van der Waals surface area contributed by atoms with E-state index < -0.39 is 17.0 Å². The van der Waals surface area contributed by atoms with E-state index in [0.29, 0.717) is 50.2 Å². The molecule has 1 aliphatic rings. The minimum Gasteiger partial charge on any atom is -0.386 e. The van der Waals surface area contributed by atoms with Gasteiger partial charge in [-0.1, -0.05) is 30.3 Å². The van der Waals surface area contributed by atoms with E-state index in [9.17, 15) is 23.9 Å². The third-order valence-electron chi connectivity index (χ3n) is 6.63. The lowest BCUT2D eigenvalue weighted by molar-refractivity contribution is -0.132. The number of aryl methyl sites for hydroxylation is 1. The van der Waals surface area contributed by atoms with Gasteiger partial charge in [-0.05, 0) is 50.8 Å². The van der Waals surface area contributed by atoms with Crippen LogP contribution < -0.4 is 5.56 Å². The number of benzene rings is 2. The van der Waals surface area contributed by atoms with Crippen molar-refractivity contribution in [2.75, 3.05) is 13.1 Å². The molecule has 2 heterocycles. The van der Waals surface area contributed by atoms with Crippen LogP contribution in [0, 0.1) is 11.7 Å². The van der Waals surface area contributed by atoms with E-state index in [1.54, 1.807) is 43.0 Å². The number of piperidine rings is 1. The van der Waals surface area contributed by atoms with Gasteiger partial charge >= 0.3 is 0 Å². The van der Waals surface area contributed by atoms with E-state index in [1.807, 2.05) is 0 Å². The summed E-state index contributed by atoms with van der Waals surface area (Å²) in [6.45, 7) is 4.45. The Morgan fingerprint density at radius 1 is 1.14 bits per heavy atom. The maximum Gasteiger partial charge on any atom is 0.258 e. The zero-order valence-electron chi connectivity index (χ0n) is 20.0. The molecule has 0 spiro atoms. The third kappa shape index (κ3) is 5.65. The van der Waals surface area contributed by atoms with E-state index in [1.165, 1.54) is 18.2 Å². The summed E-state index contributed by atoms with van der Waals surface area (Å²) < 4.78 is 14.0. The van der Waals surface area contributed by atoms with Gasteiger partial charge in [-0.3, -0.25) is 14.4 Å². The molecular formula is C27H30FN3O4. The second kappa shape index (κ2) is 10.1. The van der Waals surface area contributed by atoms with Crippen LogP contribution in [0.25, 0.3) is 10.9 Å². The summed E-state index contributed by atoms with van der Waals surface area (Å²) in [6, 6.07) is 11.3. The number of aromatic nitrogens is 2. The van der Waals surface area contributed by atoms with Crippen LogP contribution in [0.4, 0.5) is 4.39 Å². The Morgan fingerprint density at radius 3 is 2.49 bits per heavy atom. The molecule has 8 heteroatoms. The molecule has 1 aliphatic heterocycles. The number of aliphatic hydroxyl groups is 1. The molecule has 0 bridgehead atoms. The molecule has 1 amide bonds. The van der Waals surface area contributed by atoms with Crippen molar-refractivity contribution in [1.82, 2.24) is 14.9 Å². The minimum atomic E-state index is -0.955. The largest absolute Gasteiger partial charge is 0.386 e. The van der Waals surface area contributed by atoms with Gasteiger partial charge in [-0.15, -0.1) is 0 Å². The number of halogens is 1. The summed E-state index contributed by atoms with van der Waals surface area (Å²) in [4.78, 5) is 46.4. The Bertz CT molecular complexity index is 1290. The topological polar surface area (TPSA) is 103 Å². The summed E-state index contributed by atoms with van der Waals surface area (Å²) >= 11 is 0. The normalized spacial score (nSPS) is 14.9. The number of likely N-dealkylation sites (tertiary alicyclic amines) is 1. The fraction of sp³-hybridized carbons (Fsp3) is 0.407. The molecule has 0 unspecified atom stereocenters. The van der Waals surface area contributed by atoms with Crippen molar-refractivity contribution in [1.29, 1.82) is 0 Å². The van der Waals surface area contributed by atoms with Crippen LogP contribution in [0.5, 0.6) is 0 Å². The highest BCUT2D eigenvalue weighted by atomic mass is 19.1. The monoisotopic (exact) mass is 479 g/mol. The van der Waals surface area contributed by atoms with Gasteiger partial charge in [0, 0.05) is 37.4 Å². The lowest BCUT2D eigenvalue weighted by Gasteiger charge is -2.31. The number of nitrogens with one attached hydrogen (secondary N) is 1. The minimum absolute atomic E-state index is 0.000235. The van der Waals surface area contributed by atoms with Crippen molar-refractivity contribution < 1.29 is 19.1 Å². The number of para-hydroxylation sites is 1. The molecule has 0 radical (unpaired) electrons. The average Bonchev–Trinajstić information content (AvgIpc) is 2.84. The predicted molar refractivity (Wildman–Crippen MR) is 131 cm³/mol. The van der Waals surface area contributed by atoms with E-state index in [2.05, 4.69) is 9.97 Å². The van der Waals surface area contributed by atoms with Gasteiger partial charge in [0.05, 0.1) is 11.0 Å². The number of H-pyrrole nitrogens is 1. The van der Waals surface area contributed by atoms with Gasteiger partial charge in [0.2, 0.25) is 5.91 Å². The Labute approximate surface area is 203 Å². The first-order valence-corrected chi connectivity index (χ1v) is 12.0. The highest BCUT2D eigenvalue weighted by Crippen LogP contribution is 2.25. The van der Waals surface area contributed by atoms with Crippen molar-refractivity contribution in [3.05, 3.63) is 75.6 Å². The maximum atomic E-state index is 14.0. The number of hydrogen-bond acceptors (Lipinski definition) is 5. The molecule has 35 heavy (non-hydrogen) atoms. The molecule has 3 aromatic rings. The molecule has 0 aliphatic carbocycles. The van der Waals surface area contributed by atoms with Crippen molar-refractivity contribution in [2.45, 2.75) is 51.6 Å². The standard InChI is InChI=1S/C27H30FN3O4/c1-27(2,35)19-11-9-17(10-12-19)25(33)18-13-15-31(16-14-18)23(32)8-4-7-22-29-24-20(26(34)30-22)5-3-6-21(24)28/h3,5-6,9-12,18,35H,4,7-8,13-16H2,1-2H3,(H,29,30,34). The van der Waals surface area contributed by atoms with Crippen molar-refractivity contribution in [3.63, 3.8) is 0 Å². The van der Waals surface area contributed by atoms with E-state index in [-0.39, 0.29) is 34.9 Å². The fourth-order valence-electron chi connectivity index (χ4n) is 4.53. The molecule has 1 saturated heterocycles. The Kier molecular flexibility index (Phi) is 7.12. The zero-order valence-corrected chi connectivity index (χ0v) is 20.0. The number of ketones is 1. The summed E-state index contributed by atoms with van der Waals surface area (Å²) in [6.07, 6.45) is 2.35. The molecule has 2 aromatic carbocycles.